The van der Waals surface area contributed by atoms with E-state index in [9.17, 15) is 19.5 Å². The Bertz CT molecular complexity index is 791. The van der Waals surface area contributed by atoms with Gasteiger partial charge in [0.15, 0.2) is 0 Å². The number of rotatable bonds is 7. The van der Waals surface area contributed by atoms with Crippen LogP contribution in [0.5, 0.6) is 0 Å². The van der Waals surface area contributed by atoms with Crippen molar-refractivity contribution < 1.29 is 19.5 Å². The van der Waals surface area contributed by atoms with Crippen molar-refractivity contribution in [2.24, 2.45) is 11.3 Å². The number of piperidine rings is 1. The number of likely N-dealkylation sites (tertiary alicyclic amines) is 1. The molecule has 1 aromatic carbocycles. The maximum Gasteiger partial charge on any atom is 0.245 e. The van der Waals surface area contributed by atoms with E-state index in [0.717, 1.165) is 5.56 Å². The van der Waals surface area contributed by atoms with Crippen molar-refractivity contribution in [1.82, 2.24) is 10.2 Å². The van der Waals surface area contributed by atoms with Crippen LogP contribution in [0, 0.1) is 11.3 Å². The molecule has 166 valence electrons. The average Bonchev–Trinajstić information content (AvgIpc) is 2.66. The number of ketones is 1. The summed E-state index contributed by atoms with van der Waals surface area (Å²) in [4.78, 5) is 38.3. The molecule has 1 fully saturated rings. The summed E-state index contributed by atoms with van der Waals surface area (Å²) in [6, 6.07) is 6.50. The van der Waals surface area contributed by atoms with E-state index in [0.29, 0.717) is 24.5 Å². The van der Waals surface area contributed by atoms with E-state index >= 15 is 0 Å². The number of carbonyl (C=O) groups is 3. The fourth-order valence-corrected chi connectivity index (χ4v) is 4.14. The van der Waals surface area contributed by atoms with Crippen LogP contribution in [0.25, 0.3) is 0 Å². The van der Waals surface area contributed by atoms with E-state index in [2.05, 4.69) is 5.32 Å². The summed E-state index contributed by atoms with van der Waals surface area (Å²) < 4.78 is 0. The Labute approximate surface area is 184 Å². The first-order valence-corrected chi connectivity index (χ1v) is 10.8. The molecule has 2 rings (SSSR count). The van der Waals surface area contributed by atoms with Gasteiger partial charge in [-0.1, -0.05) is 51.4 Å². The third-order valence-electron chi connectivity index (χ3n) is 6.04. The standard InChI is InChI=1S/C23H33ClN2O4/c1-15(2)20(25-19(28)11-6-16(3)27)21(29)26-13-12-23(30,22(4,5)14-26)17-7-9-18(24)10-8-17/h7-10,15,20,30H,6,11-14H2,1-5H3,(H,25,28)/t20-,23+/m1/s1. The smallest absolute Gasteiger partial charge is 0.245 e. The van der Waals surface area contributed by atoms with Crippen LogP contribution in [-0.2, 0) is 20.0 Å². The zero-order chi connectivity index (χ0) is 22.7. The number of nitrogens with one attached hydrogen (secondary N) is 1. The lowest BCUT2D eigenvalue weighted by Gasteiger charge is -2.51. The lowest BCUT2D eigenvalue weighted by atomic mass is 9.66. The number of carbonyl (C=O) groups excluding carboxylic acids is 3. The molecule has 0 saturated carbocycles. The van der Waals surface area contributed by atoms with Crippen molar-refractivity contribution in [3.05, 3.63) is 34.9 Å². The summed E-state index contributed by atoms with van der Waals surface area (Å²) in [5.74, 6) is -0.616. The Morgan fingerprint density at radius 1 is 1.17 bits per heavy atom. The highest BCUT2D eigenvalue weighted by atomic mass is 35.5. The molecule has 2 N–H and O–H groups in total. The molecular formula is C23H33ClN2O4. The molecule has 0 aliphatic carbocycles. The van der Waals surface area contributed by atoms with Crippen LogP contribution in [0.15, 0.2) is 24.3 Å². The summed E-state index contributed by atoms with van der Waals surface area (Å²) >= 11 is 5.99. The van der Waals surface area contributed by atoms with Gasteiger partial charge in [0, 0.05) is 36.4 Å². The minimum absolute atomic E-state index is 0.0585. The Morgan fingerprint density at radius 3 is 2.27 bits per heavy atom. The van der Waals surface area contributed by atoms with Crippen LogP contribution in [-0.4, -0.2) is 46.7 Å². The van der Waals surface area contributed by atoms with Crippen LogP contribution in [0.3, 0.4) is 0 Å². The predicted molar refractivity (Wildman–Crippen MR) is 117 cm³/mol. The van der Waals surface area contributed by atoms with Crippen LogP contribution in [0.1, 0.15) is 59.4 Å². The first-order valence-electron chi connectivity index (χ1n) is 10.4. The molecule has 0 bridgehead atoms. The number of benzene rings is 1. The average molecular weight is 437 g/mol. The number of nitrogens with zero attached hydrogens (tertiary/aromatic N) is 1. The Morgan fingerprint density at radius 2 is 1.77 bits per heavy atom. The molecule has 7 heteroatoms. The van der Waals surface area contributed by atoms with Gasteiger partial charge in [-0.25, -0.2) is 0 Å². The Balaban J connectivity index is 2.14. The zero-order valence-corrected chi connectivity index (χ0v) is 19.3. The molecule has 0 spiro atoms. The minimum Gasteiger partial charge on any atom is -0.384 e. The molecule has 0 aromatic heterocycles. The second-order valence-electron chi connectivity index (χ2n) is 9.25. The number of hydrogen-bond acceptors (Lipinski definition) is 4. The maximum absolute atomic E-state index is 13.2. The van der Waals surface area contributed by atoms with Crippen LogP contribution >= 0.6 is 11.6 Å². The largest absolute Gasteiger partial charge is 0.384 e. The van der Waals surface area contributed by atoms with Crippen molar-refractivity contribution in [2.75, 3.05) is 13.1 Å². The Hall–Kier alpha value is -1.92. The normalized spacial score (nSPS) is 21.9. The van der Waals surface area contributed by atoms with Gasteiger partial charge in [-0.3, -0.25) is 9.59 Å². The maximum atomic E-state index is 13.2. The molecule has 1 saturated heterocycles. The number of aliphatic hydroxyl groups is 1. The van der Waals surface area contributed by atoms with Crippen molar-refractivity contribution in [1.29, 1.82) is 0 Å². The van der Waals surface area contributed by atoms with Crippen molar-refractivity contribution in [3.8, 4) is 0 Å². The van der Waals surface area contributed by atoms with Crippen molar-refractivity contribution >= 4 is 29.2 Å². The Kier molecular flexibility index (Phi) is 7.69. The summed E-state index contributed by atoms with van der Waals surface area (Å²) in [5, 5.41) is 14.9. The van der Waals surface area contributed by atoms with Crippen LogP contribution in [0.4, 0.5) is 0 Å². The van der Waals surface area contributed by atoms with Gasteiger partial charge in [0.2, 0.25) is 11.8 Å². The monoisotopic (exact) mass is 436 g/mol. The number of Topliss-reactive ketones (excluding diaryl/α,β-unsaturated/α-hetero) is 1. The fourth-order valence-electron chi connectivity index (χ4n) is 4.02. The molecule has 1 heterocycles. The van der Waals surface area contributed by atoms with Crippen LogP contribution in [0.2, 0.25) is 5.02 Å². The van der Waals surface area contributed by atoms with Gasteiger partial charge in [-0.05, 0) is 37.0 Å². The molecule has 1 aliphatic heterocycles. The predicted octanol–water partition coefficient (Wildman–Crippen LogP) is 3.30. The molecule has 0 unspecified atom stereocenters. The third-order valence-corrected chi connectivity index (χ3v) is 6.29. The quantitative estimate of drug-likeness (QED) is 0.686. The summed E-state index contributed by atoms with van der Waals surface area (Å²) in [5.41, 5.74) is -0.914. The first kappa shape index (κ1) is 24.4. The van der Waals surface area contributed by atoms with Gasteiger partial charge < -0.3 is 20.1 Å². The zero-order valence-electron chi connectivity index (χ0n) is 18.5. The van der Waals surface area contributed by atoms with E-state index in [1.54, 1.807) is 17.0 Å². The topological polar surface area (TPSA) is 86.7 Å². The molecule has 1 aliphatic rings. The molecule has 0 radical (unpaired) electrons. The van der Waals surface area contributed by atoms with Gasteiger partial charge in [-0.15, -0.1) is 0 Å². The third kappa shape index (κ3) is 5.41. The number of amides is 2. The lowest BCUT2D eigenvalue weighted by molar-refractivity contribution is -0.156. The van der Waals surface area contributed by atoms with Gasteiger partial charge in [-0.2, -0.15) is 0 Å². The molecule has 1 aromatic rings. The van der Waals surface area contributed by atoms with Gasteiger partial charge in [0.1, 0.15) is 11.8 Å². The van der Waals surface area contributed by atoms with Crippen molar-refractivity contribution in [2.45, 2.75) is 65.5 Å². The molecule has 6 nitrogen and oxygen atoms in total. The van der Waals surface area contributed by atoms with E-state index in [4.69, 9.17) is 11.6 Å². The number of halogens is 1. The molecular weight excluding hydrogens is 404 g/mol. The van der Waals surface area contributed by atoms with Gasteiger partial charge in [0.05, 0.1) is 5.60 Å². The number of hydrogen-bond donors (Lipinski definition) is 2. The van der Waals surface area contributed by atoms with Crippen molar-refractivity contribution in [3.63, 3.8) is 0 Å². The summed E-state index contributed by atoms with van der Waals surface area (Å²) in [7, 11) is 0. The first-order chi connectivity index (χ1) is 13.9. The lowest BCUT2D eigenvalue weighted by Crippen LogP contribution is -2.60. The van der Waals surface area contributed by atoms with E-state index < -0.39 is 17.1 Å². The summed E-state index contributed by atoms with van der Waals surface area (Å²) in [6.45, 7) is 9.83. The van der Waals surface area contributed by atoms with E-state index in [1.807, 2.05) is 39.8 Å². The summed E-state index contributed by atoms with van der Waals surface area (Å²) in [6.07, 6.45) is 0.625. The minimum atomic E-state index is -1.09. The highest BCUT2D eigenvalue weighted by molar-refractivity contribution is 6.30. The fraction of sp³-hybridized carbons (Fsp3) is 0.609. The molecule has 2 atom stereocenters. The molecule has 2 amide bonds. The second-order valence-corrected chi connectivity index (χ2v) is 9.69. The second kappa shape index (κ2) is 9.48. The van der Waals surface area contributed by atoms with E-state index in [-0.39, 0.29) is 36.4 Å². The van der Waals surface area contributed by atoms with E-state index in [1.165, 1.54) is 6.92 Å². The van der Waals surface area contributed by atoms with Crippen LogP contribution < -0.4 is 5.32 Å². The SMILES string of the molecule is CC(=O)CCC(=O)N[C@@H](C(=O)N1CC[C@](O)(c2ccc(Cl)cc2)C(C)(C)C1)C(C)C. The van der Waals surface area contributed by atoms with Gasteiger partial charge in [0.25, 0.3) is 0 Å². The highest BCUT2D eigenvalue weighted by Crippen LogP contribution is 2.46. The van der Waals surface area contributed by atoms with Gasteiger partial charge >= 0.3 is 0 Å². The highest BCUT2D eigenvalue weighted by Gasteiger charge is 2.50. The molecule has 30 heavy (non-hydrogen) atoms.